The third-order valence-electron chi connectivity index (χ3n) is 2.79. The van der Waals surface area contributed by atoms with Crippen molar-refractivity contribution in [2.24, 2.45) is 5.92 Å². The Labute approximate surface area is 102 Å². The van der Waals surface area contributed by atoms with Gasteiger partial charge in [-0.25, -0.2) is 9.78 Å². The van der Waals surface area contributed by atoms with E-state index in [4.69, 9.17) is 10.5 Å². The van der Waals surface area contributed by atoms with Crippen LogP contribution in [-0.2, 0) is 4.74 Å². The van der Waals surface area contributed by atoms with Crippen molar-refractivity contribution in [2.75, 3.05) is 12.3 Å². The number of carbonyl (C=O) groups is 1. The minimum absolute atomic E-state index is 0.259. The van der Waals surface area contributed by atoms with Crippen LogP contribution in [0.15, 0.2) is 18.2 Å². The average molecular weight is 248 g/mol. The van der Waals surface area contributed by atoms with Gasteiger partial charge in [0.05, 0.1) is 22.4 Å². The van der Waals surface area contributed by atoms with Crippen molar-refractivity contribution in [3.05, 3.63) is 23.8 Å². The molecule has 17 heavy (non-hydrogen) atoms. The molecule has 0 unspecified atom stereocenters. The molecule has 3 rings (SSSR count). The van der Waals surface area contributed by atoms with Crippen molar-refractivity contribution < 1.29 is 9.53 Å². The largest absolute Gasteiger partial charge is 0.462 e. The highest BCUT2D eigenvalue weighted by molar-refractivity contribution is 7.22. The predicted molar refractivity (Wildman–Crippen MR) is 67.0 cm³/mol. The summed E-state index contributed by atoms with van der Waals surface area (Å²) in [6.07, 6.45) is 2.36. The van der Waals surface area contributed by atoms with Crippen LogP contribution >= 0.6 is 11.3 Å². The van der Waals surface area contributed by atoms with Crippen LogP contribution in [0.5, 0.6) is 0 Å². The van der Waals surface area contributed by atoms with E-state index in [0.717, 1.165) is 10.2 Å². The van der Waals surface area contributed by atoms with Gasteiger partial charge in [-0.2, -0.15) is 0 Å². The van der Waals surface area contributed by atoms with Crippen molar-refractivity contribution in [3.8, 4) is 0 Å². The molecule has 2 aromatic rings. The number of fused-ring (bicyclic) bond motifs is 1. The first-order chi connectivity index (χ1) is 8.22. The molecule has 1 saturated carbocycles. The zero-order valence-corrected chi connectivity index (χ0v) is 10.00. The lowest BCUT2D eigenvalue weighted by atomic mass is 10.2. The highest BCUT2D eigenvalue weighted by Crippen LogP contribution is 2.29. The van der Waals surface area contributed by atoms with E-state index >= 15 is 0 Å². The molecule has 1 aliphatic rings. The first-order valence-electron chi connectivity index (χ1n) is 5.55. The van der Waals surface area contributed by atoms with Crippen LogP contribution in [0.3, 0.4) is 0 Å². The van der Waals surface area contributed by atoms with Crippen LogP contribution < -0.4 is 5.73 Å². The Morgan fingerprint density at radius 2 is 2.35 bits per heavy atom. The molecule has 1 heterocycles. The number of nitrogen functional groups attached to an aromatic ring is 1. The van der Waals surface area contributed by atoms with Crippen molar-refractivity contribution in [3.63, 3.8) is 0 Å². The Morgan fingerprint density at radius 3 is 3.12 bits per heavy atom. The Hall–Kier alpha value is -1.62. The van der Waals surface area contributed by atoms with E-state index in [1.54, 1.807) is 18.2 Å². The van der Waals surface area contributed by atoms with Crippen LogP contribution in [0.1, 0.15) is 23.2 Å². The fourth-order valence-corrected chi connectivity index (χ4v) is 2.40. The molecule has 0 saturated heterocycles. The van der Waals surface area contributed by atoms with Crippen LogP contribution in [-0.4, -0.2) is 17.6 Å². The molecule has 0 aliphatic heterocycles. The Kier molecular flexibility index (Phi) is 2.48. The summed E-state index contributed by atoms with van der Waals surface area (Å²) in [4.78, 5) is 15.9. The predicted octanol–water partition coefficient (Wildman–Crippen LogP) is 2.45. The standard InChI is InChI=1S/C12H12N2O2S/c13-12-14-9-4-3-8(5-10(9)17-12)11(15)16-6-7-1-2-7/h3-5,7H,1-2,6H2,(H2,13,14). The average Bonchev–Trinajstić information content (AvgIpc) is 3.06. The van der Waals surface area contributed by atoms with Gasteiger partial charge in [0, 0.05) is 0 Å². The number of anilines is 1. The van der Waals surface area contributed by atoms with Crippen molar-refractivity contribution in [1.29, 1.82) is 0 Å². The summed E-state index contributed by atoms with van der Waals surface area (Å²) in [5.41, 5.74) is 7.01. The third-order valence-corrected chi connectivity index (χ3v) is 3.64. The molecule has 1 aliphatic carbocycles. The van der Waals surface area contributed by atoms with E-state index in [2.05, 4.69) is 4.98 Å². The molecule has 1 aromatic carbocycles. The van der Waals surface area contributed by atoms with Crippen molar-refractivity contribution in [2.45, 2.75) is 12.8 Å². The topological polar surface area (TPSA) is 65.2 Å². The lowest BCUT2D eigenvalue weighted by molar-refractivity contribution is 0.0486. The second-order valence-electron chi connectivity index (χ2n) is 4.28. The van der Waals surface area contributed by atoms with Gasteiger partial charge >= 0.3 is 5.97 Å². The molecule has 2 N–H and O–H groups in total. The van der Waals surface area contributed by atoms with Gasteiger partial charge in [-0.3, -0.25) is 0 Å². The lowest BCUT2D eigenvalue weighted by Crippen LogP contribution is -2.07. The number of nitrogens with two attached hydrogens (primary N) is 1. The number of esters is 1. The fourth-order valence-electron chi connectivity index (χ4n) is 1.63. The maximum atomic E-state index is 11.8. The van der Waals surface area contributed by atoms with Gasteiger partial charge in [0.15, 0.2) is 5.13 Å². The van der Waals surface area contributed by atoms with E-state index in [1.807, 2.05) is 0 Å². The number of nitrogens with zero attached hydrogens (tertiary/aromatic N) is 1. The van der Waals surface area contributed by atoms with E-state index < -0.39 is 0 Å². The molecule has 0 atom stereocenters. The third kappa shape index (κ3) is 2.24. The first kappa shape index (κ1) is 10.5. The monoisotopic (exact) mass is 248 g/mol. The highest BCUT2D eigenvalue weighted by atomic mass is 32.1. The maximum Gasteiger partial charge on any atom is 0.338 e. The van der Waals surface area contributed by atoms with Crippen LogP contribution in [0.4, 0.5) is 5.13 Å². The Balaban J connectivity index is 1.80. The normalized spacial score (nSPS) is 15.1. The molecule has 0 amide bonds. The zero-order chi connectivity index (χ0) is 11.8. The van der Waals surface area contributed by atoms with E-state index in [0.29, 0.717) is 23.2 Å². The van der Waals surface area contributed by atoms with Gasteiger partial charge in [-0.1, -0.05) is 11.3 Å². The minimum Gasteiger partial charge on any atom is -0.462 e. The van der Waals surface area contributed by atoms with Gasteiger partial charge in [-0.15, -0.1) is 0 Å². The number of ether oxygens (including phenoxy) is 1. The summed E-state index contributed by atoms with van der Waals surface area (Å²) in [6.45, 7) is 0.543. The van der Waals surface area contributed by atoms with Gasteiger partial charge in [-0.05, 0) is 37.0 Å². The summed E-state index contributed by atoms with van der Waals surface area (Å²) in [6, 6.07) is 5.32. The van der Waals surface area contributed by atoms with Crippen LogP contribution in [0.2, 0.25) is 0 Å². The van der Waals surface area contributed by atoms with Gasteiger partial charge in [0.1, 0.15) is 0 Å². The second kappa shape index (κ2) is 4.00. The molecule has 1 fully saturated rings. The SMILES string of the molecule is Nc1nc2ccc(C(=O)OCC3CC3)cc2s1. The number of rotatable bonds is 3. The summed E-state index contributed by atoms with van der Waals surface area (Å²) in [5.74, 6) is 0.326. The molecule has 1 aromatic heterocycles. The summed E-state index contributed by atoms with van der Waals surface area (Å²) in [5, 5.41) is 0.517. The van der Waals surface area contributed by atoms with Crippen molar-refractivity contribution in [1.82, 2.24) is 4.98 Å². The lowest BCUT2D eigenvalue weighted by Gasteiger charge is -2.03. The first-order valence-corrected chi connectivity index (χ1v) is 6.37. The molecule has 0 bridgehead atoms. The fraction of sp³-hybridized carbons (Fsp3) is 0.333. The number of hydrogen-bond acceptors (Lipinski definition) is 5. The van der Waals surface area contributed by atoms with E-state index in [9.17, 15) is 4.79 Å². The zero-order valence-electron chi connectivity index (χ0n) is 9.18. The minimum atomic E-state index is -0.259. The number of hydrogen-bond donors (Lipinski definition) is 1. The molecule has 0 radical (unpaired) electrons. The summed E-state index contributed by atoms with van der Waals surface area (Å²) < 4.78 is 6.14. The van der Waals surface area contributed by atoms with Crippen LogP contribution in [0, 0.1) is 5.92 Å². The number of thiazole rings is 1. The highest BCUT2D eigenvalue weighted by Gasteiger charge is 2.23. The van der Waals surface area contributed by atoms with Gasteiger partial charge < -0.3 is 10.5 Å². The molecule has 88 valence electrons. The number of aromatic nitrogens is 1. The summed E-state index contributed by atoms with van der Waals surface area (Å²) >= 11 is 1.38. The van der Waals surface area contributed by atoms with E-state index in [-0.39, 0.29) is 5.97 Å². The second-order valence-corrected chi connectivity index (χ2v) is 5.34. The molecule has 5 heteroatoms. The molecule has 0 spiro atoms. The smallest absolute Gasteiger partial charge is 0.338 e. The molecular formula is C12H12N2O2S. The maximum absolute atomic E-state index is 11.8. The van der Waals surface area contributed by atoms with Gasteiger partial charge in [0.2, 0.25) is 0 Å². The Bertz CT molecular complexity index is 575. The van der Waals surface area contributed by atoms with Crippen LogP contribution in [0.25, 0.3) is 10.2 Å². The van der Waals surface area contributed by atoms with Crippen molar-refractivity contribution >= 4 is 32.7 Å². The van der Waals surface area contributed by atoms with E-state index in [1.165, 1.54) is 24.2 Å². The molecular weight excluding hydrogens is 236 g/mol. The molecule has 4 nitrogen and oxygen atoms in total. The van der Waals surface area contributed by atoms with Gasteiger partial charge in [0.25, 0.3) is 0 Å². The Morgan fingerprint density at radius 1 is 1.53 bits per heavy atom. The quantitative estimate of drug-likeness (QED) is 0.847. The summed E-state index contributed by atoms with van der Waals surface area (Å²) in [7, 11) is 0. The number of benzene rings is 1. The number of carbonyl (C=O) groups excluding carboxylic acids is 1.